The maximum absolute atomic E-state index is 14.8. The number of sulfonamides is 1. The van der Waals surface area contributed by atoms with Gasteiger partial charge in [0.1, 0.15) is 29.2 Å². The number of aromatic nitrogens is 1. The van der Waals surface area contributed by atoms with E-state index in [1.807, 2.05) is 54.6 Å². The molecule has 60 heavy (non-hydrogen) atoms. The Morgan fingerprint density at radius 3 is 2.50 bits per heavy atom. The second kappa shape index (κ2) is 16.7. The number of likely N-dealkylation sites (tertiary alicyclic amines) is 1. The summed E-state index contributed by atoms with van der Waals surface area (Å²) in [6.07, 6.45) is 6.21. The fourth-order valence-corrected chi connectivity index (χ4v) is 10.1. The number of hydrogen-bond donors (Lipinski definition) is 2. The summed E-state index contributed by atoms with van der Waals surface area (Å²) in [7, 11) is -2.37. The Kier molecular flexibility index (Phi) is 11.6. The van der Waals surface area contributed by atoms with Crippen LogP contribution >= 0.6 is 0 Å². The van der Waals surface area contributed by atoms with Crippen LogP contribution in [-0.2, 0) is 29.2 Å². The summed E-state index contributed by atoms with van der Waals surface area (Å²) in [6, 6.07) is 15.6. The summed E-state index contributed by atoms with van der Waals surface area (Å²) in [5.74, 6) is -5.38. The van der Waals surface area contributed by atoms with E-state index in [1.54, 1.807) is 19.2 Å². The highest BCUT2D eigenvalue weighted by atomic mass is 32.2. The zero-order valence-electron chi connectivity index (χ0n) is 33.6. The van der Waals surface area contributed by atoms with Crippen LogP contribution in [0.2, 0.25) is 0 Å². The van der Waals surface area contributed by atoms with Crippen LogP contribution in [-0.4, -0.2) is 102 Å². The fourth-order valence-electron chi connectivity index (χ4n) is 8.74. The highest BCUT2D eigenvalue weighted by Crippen LogP contribution is 2.46. The Morgan fingerprint density at radius 2 is 1.77 bits per heavy atom. The molecule has 320 valence electrons. The molecule has 2 saturated heterocycles. The Balaban J connectivity index is 1.12. The van der Waals surface area contributed by atoms with Gasteiger partial charge in [-0.2, -0.15) is 0 Å². The third kappa shape index (κ3) is 8.98. The predicted molar refractivity (Wildman–Crippen MR) is 218 cm³/mol. The number of piperidine rings is 1. The fraction of sp³-hybridized carbons (Fsp3) is 0.523. The normalized spacial score (nSPS) is 27.2. The zero-order valence-corrected chi connectivity index (χ0v) is 34.4. The van der Waals surface area contributed by atoms with Gasteiger partial charge in [0.05, 0.1) is 30.1 Å². The topological polar surface area (TPSA) is 164 Å². The second-order valence-electron chi connectivity index (χ2n) is 16.9. The van der Waals surface area contributed by atoms with Crippen molar-refractivity contribution in [3.63, 3.8) is 0 Å². The molecule has 5 atom stereocenters. The van der Waals surface area contributed by atoms with Crippen molar-refractivity contribution in [1.82, 2.24) is 24.8 Å². The standard InChI is InChI=1S/C44H51F2N5O8S/c1-58-31-14-17-34-36(23-31)47-35(28-10-7-5-8-11-28)25-38(34)59-32-24-37-40(53)48-44(42(55)49-60(56,57)33-15-16-33)26-30(44)13-9-4-2-3-6-12-29(41(54)51(37)27-32)22-39(52)50-20-18-43(45,46)19-21-50/h5,7-11,13-14,17,23,25,29-30,32-33,37H,2-4,6,12,15-16,18-22,24,26-27H2,1H3,(H,48,53)(H,49,55)/t29-,30-,32-,37+,44-/m1/s1. The molecular weight excluding hydrogens is 797 g/mol. The predicted octanol–water partition coefficient (Wildman–Crippen LogP) is 5.53. The van der Waals surface area contributed by atoms with Gasteiger partial charge in [-0.1, -0.05) is 55.3 Å². The van der Waals surface area contributed by atoms with Gasteiger partial charge in [-0.15, -0.1) is 0 Å². The number of fused-ring (bicyclic) bond motifs is 3. The summed E-state index contributed by atoms with van der Waals surface area (Å²) in [5, 5.41) is 2.91. The number of nitrogens with zero attached hydrogens (tertiary/aromatic N) is 3. The van der Waals surface area contributed by atoms with Gasteiger partial charge in [-0.3, -0.25) is 23.9 Å². The Labute approximate surface area is 348 Å². The molecule has 4 heterocycles. The Morgan fingerprint density at radius 1 is 1.00 bits per heavy atom. The number of alkyl halides is 2. The van der Waals surface area contributed by atoms with E-state index in [2.05, 4.69) is 10.0 Å². The first-order valence-corrected chi connectivity index (χ1v) is 22.5. The number of benzene rings is 2. The van der Waals surface area contributed by atoms with Gasteiger partial charge in [-0.05, 0) is 50.7 Å². The summed E-state index contributed by atoms with van der Waals surface area (Å²) in [5.41, 5.74) is 0.526. The van der Waals surface area contributed by atoms with Gasteiger partial charge in [0.15, 0.2) is 0 Å². The molecule has 0 bridgehead atoms. The summed E-state index contributed by atoms with van der Waals surface area (Å²) in [6.45, 7) is -0.249. The van der Waals surface area contributed by atoms with Gasteiger partial charge >= 0.3 is 0 Å². The van der Waals surface area contributed by atoms with Crippen LogP contribution < -0.4 is 19.5 Å². The number of halogens is 2. The van der Waals surface area contributed by atoms with E-state index in [0.717, 1.165) is 18.4 Å². The molecule has 4 amide bonds. The van der Waals surface area contributed by atoms with E-state index in [0.29, 0.717) is 60.2 Å². The van der Waals surface area contributed by atoms with Gasteiger partial charge in [0.2, 0.25) is 27.7 Å². The number of rotatable bonds is 9. The maximum atomic E-state index is 14.8. The maximum Gasteiger partial charge on any atom is 0.259 e. The van der Waals surface area contributed by atoms with Gasteiger partial charge in [0, 0.05) is 73.7 Å². The molecule has 3 aliphatic heterocycles. The van der Waals surface area contributed by atoms with Crippen molar-refractivity contribution in [2.45, 2.75) is 106 Å². The number of carbonyl (C=O) groups excluding carboxylic acids is 4. The SMILES string of the molecule is COc1ccc2c(O[C@@H]3C[C@H]4C(=O)N[C@]5(C(=O)NS(=O)(=O)C6CC6)C[C@H]5C=CCCCCC[C@H](CC(=O)N5CCC(F)(F)CC5)C(=O)N4C3)cc(-c3ccccc3)nc2c1. The number of methoxy groups -OCH3 is 1. The zero-order chi connectivity index (χ0) is 42.2. The van der Waals surface area contributed by atoms with Crippen LogP contribution in [0.3, 0.4) is 0 Å². The van der Waals surface area contributed by atoms with Gasteiger partial charge in [-0.25, -0.2) is 22.2 Å². The average molecular weight is 848 g/mol. The molecule has 3 aromatic rings. The van der Waals surface area contributed by atoms with Crippen LogP contribution in [0.5, 0.6) is 11.5 Å². The van der Waals surface area contributed by atoms with Crippen molar-refractivity contribution in [2.24, 2.45) is 11.8 Å². The molecule has 4 fully saturated rings. The molecule has 2 N–H and O–H groups in total. The van der Waals surface area contributed by atoms with Crippen molar-refractivity contribution in [2.75, 3.05) is 26.7 Å². The highest BCUT2D eigenvalue weighted by Gasteiger charge is 2.62. The van der Waals surface area contributed by atoms with E-state index in [1.165, 1.54) is 9.80 Å². The van der Waals surface area contributed by atoms with Crippen molar-refractivity contribution in [3.8, 4) is 22.8 Å². The van der Waals surface area contributed by atoms with Crippen molar-refractivity contribution in [1.29, 1.82) is 0 Å². The van der Waals surface area contributed by atoms with E-state index in [4.69, 9.17) is 14.5 Å². The monoisotopic (exact) mass is 847 g/mol. The molecule has 13 nitrogen and oxygen atoms in total. The molecule has 2 aromatic carbocycles. The van der Waals surface area contributed by atoms with Crippen molar-refractivity contribution in [3.05, 3.63) is 66.7 Å². The Bertz CT molecular complexity index is 2280. The van der Waals surface area contributed by atoms with Gasteiger partial charge in [0.25, 0.3) is 11.8 Å². The van der Waals surface area contributed by atoms with Crippen LogP contribution in [0.1, 0.15) is 77.0 Å². The summed E-state index contributed by atoms with van der Waals surface area (Å²) < 4.78 is 68.3. The van der Waals surface area contributed by atoms with Crippen molar-refractivity contribution >= 4 is 44.6 Å². The van der Waals surface area contributed by atoms with E-state index in [-0.39, 0.29) is 38.9 Å². The molecule has 0 unspecified atom stereocenters. The van der Waals surface area contributed by atoms with Crippen LogP contribution in [0, 0.1) is 11.8 Å². The largest absolute Gasteiger partial charge is 0.497 e. The second-order valence-corrected chi connectivity index (χ2v) is 18.8. The first kappa shape index (κ1) is 41.6. The lowest BCUT2D eigenvalue weighted by molar-refractivity contribution is -0.147. The Hall–Kier alpha value is -5.12. The minimum atomic E-state index is -3.93. The molecule has 2 saturated carbocycles. The summed E-state index contributed by atoms with van der Waals surface area (Å²) in [4.78, 5) is 64.6. The average Bonchev–Trinajstić information content (AvgIpc) is 4.16. The van der Waals surface area contributed by atoms with Gasteiger partial charge < -0.3 is 24.6 Å². The molecule has 0 radical (unpaired) electrons. The quantitative estimate of drug-likeness (QED) is 0.264. The first-order chi connectivity index (χ1) is 28.7. The smallest absolute Gasteiger partial charge is 0.259 e. The lowest BCUT2D eigenvalue weighted by Gasteiger charge is -2.33. The number of carbonyl (C=O) groups is 4. The van der Waals surface area contributed by atoms with Crippen LogP contribution in [0.25, 0.3) is 22.2 Å². The highest BCUT2D eigenvalue weighted by molar-refractivity contribution is 7.91. The molecule has 16 heteroatoms. The van der Waals surface area contributed by atoms with Crippen LogP contribution in [0.4, 0.5) is 8.78 Å². The number of pyridine rings is 1. The molecule has 5 aliphatic rings. The lowest BCUT2D eigenvalue weighted by atomic mass is 9.94. The third-order valence-corrected chi connectivity index (χ3v) is 14.4. The number of nitrogens with one attached hydrogen (secondary N) is 2. The lowest BCUT2D eigenvalue weighted by Crippen LogP contribution is -2.57. The van der Waals surface area contributed by atoms with Crippen LogP contribution in [0.15, 0.2) is 66.7 Å². The minimum Gasteiger partial charge on any atom is -0.497 e. The molecular formula is C44H51F2N5O8S. The van der Waals surface area contributed by atoms with E-state index in [9.17, 15) is 36.4 Å². The van der Waals surface area contributed by atoms with Crippen molar-refractivity contribution < 1.29 is 45.9 Å². The molecule has 1 aromatic heterocycles. The number of allylic oxidation sites excluding steroid dienone is 1. The first-order valence-electron chi connectivity index (χ1n) is 21.0. The molecule has 8 rings (SSSR count). The van der Waals surface area contributed by atoms with E-state index < -0.39 is 87.2 Å². The molecule has 0 spiro atoms. The summed E-state index contributed by atoms with van der Waals surface area (Å²) >= 11 is 0. The third-order valence-electron chi connectivity index (χ3n) is 12.6. The number of amides is 4. The minimum absolute atomic E-state index is 0.0265. The van der Waals surface area contributed by atoms with E-state index >= 15 is 0 Å². The molecule has 2 aliphatic carbocycles. The number of ether oxygens (including phenoxy) is 2. The number of hydrogen-bond acceptors (Lipinski definition) is 9.